The Kier molecular flexibility index (Phi) is 6.71. The molecule has 3 rings (SSSR count). The van der Waals surface area contributed by atoms with Gasteiger partial charge in [-0.25, -0.2) is 0 Å². The average molecular weight is 381 g/mol. The molecule has 2 atom stereocenters. The van der Waals surface area contributed by atoms with Crippen molar-refractivity contribution in [2.45, 2.75) is 5.92 Å². The molecule has 1 aliphatic heterocycles. The van der Waals surface area contributed by atoms with Crippen molar-refractivity contribution in [2.24, 2.45) is 11.7 Å². The first-order valence-corrected chi connectivity index (χ1v) is 8.39. The molecular weight excluding hydrogens is 359 g/mol. The van der Waals surface area contributed by atoms with Gasteiger partial charge in [0, 0.05) is 24.0 Å². The second-order valence-corrected chi connectivity index (χ2v) is 6.50. The molecule has 0 unspecified atom stereocenters. The number of methoxy groups -OCH3 is 1. The highest BCUT2D eigenvalue weighted by molar-refractivity contribution is 6.31. The van der Waals surface area contributed by atoms with Gasteiger partial charge in [-0.1, -0.05) is 41.9 Å². The molecule has 2 N–H and O–H groups in total. The topological polar surface area (TPSA) is 55.6 Å². The van der Waals surface area contributed by atoms with E-state index >= 15 is 0 Å². The zero-order valence-electron chi connectivity index (χ0n) is 14.0. The van der Waals surface area contributed by atoms with Crippen molar-refractivity contribution in [3.63, 3.8) is 0 Å². The SMILES string of the molecule is COc1ccc(Cl)cc1C(=O)N1C[C@@H](CN)[C@H](c2ccccc2)C1.Cl. The number of nitrogens with zero attached hydrogens (tertiary/aromatic N) is 1. The van der Waals surface area contributed by atoms with Crippen LogP contribution in [0.25, 0.3) is 0 Å². The van der Waals surface area contributed by atoms with Crippen LogP contribution < -0.4 is 10.5 Å². The number of benzene rings is 2. The summed E-state index contributed by atoms with van der Waals surface area (Å²) in [6.45, 7) is 1.85. The van der Waals surface area contributed by atoms with Crippen molar-refractivity contribution in [1.29, 1.82) is 0 Å². The Labute approximate surface area is 159 Å². The average Bonchev–Trinajstić information content (AvgIpc) is 3.06. The van der Waals surface area contributed by atoms with Gasteiger partial charge in [-0.05, 0) is 36.2 Å². The molecule has 2 aromatic rings. The first-order valence-electron chi connectivity index (χ1n) is 8.02. The summed E-state index contributed by atoms with van der Waals surface area (Å²) in [6.07, 6.45) is 0. The number of likely N-dealkylation sites (tertiary alicyclic amines) is 1. The molecule has 134 valence electrons. The molecule has 0 radical (unpaired) electrons. The Morgan fingerprint density at radius 3 is 2.60 bits per heavy atom. The quantitative estimate of drug-likeness (QED) is 0.881. The maximum Gasteiger partial charge on any atom is 0.257 e. The second kappa shape index (κ2) is 8.56. The third-order valence-corrected chi connectivity index (χ3v) is 4.89. The van der Waals surface area contributed by atoms with Gasteiger partial charge in [-0.15, -0.1) is 12.4 Å². The number of amides is 1. The second-order valence-electron chi connectivity index (χ2n) is 6.07. The smallest absolute Gasteiger partial charge is 0.257 e. The molecule has 6 heteroatoms. The lowest BCUT2D eigenvalue weighted by Gasteiger charge is -2.18. The van der Waals surface area contributed by atoms with Crippen molar-refractivity contribution in [2.75, 3.05) is 26.7 Å². The minimum Gasteiger partial charge on any atom is -0.496 e. The zero-order valence-corrected chi connectivity index (χ0v) is 15.6. The summed E-state index contributed by atoms with van der Waals surface area (Å²) in [5, 5.41) is 0.522. The van der Waals surface area contributed by atoms with Crippen LogP contribution in [0.5, 0.6) is 5.75 Å². The predicted molar refractivity (Wildman–Crippen MR) is 103 cm³/mol. The lowest BCUT2D eigenvalue weighted by atomic mass is 9.89. The van der Waals surface area contributed by atoms with Crippen LogP contribution in [0.2, 0.25) is 5.02 Å². The van der Waals surface area contributed by atoms with Crippen LogP contribution >= 0.6 is 24.0 Å². The predicted octanol–water partition coefficient (Wildman–Crippen LogP) is 3.58. The van der Waals surface area contributed by atoms with E-state index in [1.54, 1.807) is 25.3 Å². The molecule has 4 nitrogen and oxygen atoms in total. The molecule has 0 aromatic heterocycles. The van der Waals surface area contributed by atoms with Gasteiger partial charge in [0.25, 0.3) is 5.91 Å². The number of carbonyl (C=O) groups is 1. The maximum atomic E-state index is 13.0. The van der Waals surface area contributed by atoms with Crippen molar-refractivity contribution >= 4 is 29.9 Å². The monoisotopic (exact) mass is 380 g/mol. The van der Waals surface area contributed by atoms with Crippen LogP contribution in [0, 0.1) is 5.92 Å². The third-order valence-electron chi connectivity index (χ3n) is 4.65. The van der Waals surface area contributed by atoms with E-state index in [0.717, 1.165) is 0 Å². The van der Waals surface area contributed by atoms with Gasteiger partial charge >= 0.3 is 0 Å². The first-order chi connectivity index (χ1) is 11.6. The summed E-state index contributed by atoms with van der Waals surface area (Å²) >= 11 is 6.06. The fraction of sp³-hybridized carbons (Fsp3) is 0.316. The van der Waals surface area contributed by atoms with Crippen LogP contribution in [-0.4, -0.2) is 37.6 Å². The Bertz CT molecular complexity index is 725. The van der Waals surface area contributed by atoms with E-state index in [1.807, 2.05) is 23.1 Å². The van der Waals surface area contributed by atoms with Crippen LogP contribution in [0.3, 0.4) is 0 Å². The lowest BCUT2D eigenvalue weighted by Crippen LogP contribution is -2.30. The number of hydrogen-bond donors (Lipinski definition) is 1. The normalized spacial score (nSPS) is 19.4. The van der Waals surface area contributed by atoms with Gasteiger partial charge in [-0.2, -0.15) is 0 Å². The zero-order chi connectivity index (χ0) is 17.1. The van der Waals surface area contributed by atoms with Crippen LogP contribution in [-0.2, 0) is 0 Å². The van der Waals surface area contributed by atoms with Crippen molar-refractivity contribution in [1.82, 2.24) is 4.90 Å². The van der Waals surface area contributed by atoms with Gasteiger partial charge in [-0.3, -0.25) is 4.79 Å². The molecule has 1 fully saturated rings. The van der Waals surface area contributed by atoms with Gasteiger partial charge in [0.1, 0.15) is 5.75 Å². The van der Waals surface area contributed by atoms with Crippen molar-refractivity contribution in [3.05, 3.63) is 64.7 Å². The molecule has 0 aliphatic carbocycles. The molecule has 1 saturated heterocycles. The van der Waals surface area contributed by atoms with Crippen molar-refractivity contribution < 1.29 is 9.53 Å². The summed E-state index contributed by atoms with van der Waals surface area (Å²) in [6, 6.07) is 15.3. The highest BCUT2D eigenvalue weighted by Gasteiger charge is 2.36. The summed E-state index contributed by atoms with van der Waals surface area (Å²) in [5.74, 6) is 0.981. The highest BCUT2D eigenvalue weighted by Crippen LogP contribution is 2.34. The standard InChI is InChI=1S/C19H21ClN2O2.ClH/c1-24-18-8-7-15(20)9-16(18)19(23)22-11-14(10-21)17(12-22)13-5-3-2-4-6-13;/h2-9,14,17H,10-12,21H2,1H3;1H/t14-,17+;/m1./s1. The fourth-order valence-electron chi connectivity index (χ4n) is 3.37. The van der Waals surface area contributed by atoms with E-state index in [1.165, 1.54) is 5.56 Å². The Hall–Kier alpha value is -1.75. The maximum absolute atomic E-state index is 13.0. The van der Waals surface area contributed by atoms with Gasteiger partial charge in [0.05, 0.1) is 12.7 Å². The molecule has 1 heterocycles. The summed E-state index contributed by atoms with van der Waals surface area (Å²) < 4.78 is 5.31. The van der Waals surface area contributed by atoms with Crippen LogP contribution in [0.4, 0.5) is 0 Å². The fourth-order valence-corrected chi connectivity index (χ4v) is 3.54. The van der Waals surface area contributed by atoms with E-state index in [2.05, 4.69) is 12.1 Å². The lowest BCUT2D eigenvalue weighted by molar-refractivity contribution is 0.0783. The summed E-state index contributed by atoms with van der Waals surface area (Å²) in [4.78, 5) is 14.8. The molecule has 0 saturated carbocycles. The molecule has 25 heavy (non-hydrogen) atoms. The number of hydrogen-bond acceptors (Lipinski definition) is 3. The number of ether oxygens (including phenoxy) is 1. The van der Waals surface area contributed by atoms with E-state index in [0.29, 0.717) is 36.0 Å². The van der Waals surface area contributed by atoms with E-state index in [4.69, 9.17) is 22.1 Å². The largest absolute Gasteiger partial charge is 0.496 e. The minimum absolute atomic E-state index is 0. The van der Waals surface area contributed by atoms with Gasteiger partial charge < -0.3 is 15.4 Å². The van der Waals surface area contributed by atoms with E-state index in [-0.39, 0.29) is 30.2 Å². The molecule has 0 spiro atoms. The van der Waals surface area contributed by atoms with E-state index < -0.39 is 0 Å². The van der Waals surface area contributed by atoms with E-state index in [9.17, 15) is 4.79 Å². The molecule has 1 aliphatic rings. The molecule has 0 bridgehead atoms. The summed E-state index contributed by atoms with van der Waals surface area (Å²) in [7, 11) is 1.56. The summed E-state index contributed by atoms with van der Waals surface area (Å²) in [5.41, 5.74) is 7.68. The third kappa shape index (κ3) is 4.09. The Balaban J connectivity index is 0.00000225. The van der Waals surface area contributed by atoms with Gasteiger partial charge in [0.15, 0.2) is 0 Å². The number of rotatable bonds is 4. The van der Waals surface area contributed by atoms with Gasteiger partial charge in [0.2, 0.25) is 0 Å². The Morgan fingerprint density at radius 1 is 1.24 bits per heavy atom. The number of carbonyl (C=O) groups excluding carboxylic acids is 1. The van der Waals surface area contributed by atoms with Crippen LogP contribution in [0.15, 0.2) is 48.5 Å². The first kappa shape index (κ1) is 19.6. The molecule has 2 aromatic carbocycles. The molecule has 1 amide bonds. The molecular formula is C19H22Cl2N2O2. The van der Waals surface area contributed by atoms with Crippen molar-refractivity contribution in [3.8, 4) is 5.75 Å². The minimum atomic E-state index is -0.0637. The highest BCUT2D eigenvalue weighted by atomic mass is 35.5. The Morgan fingerprint density at radius 2 is 1.96 bits per heavy atom. The number of nitrogens with two attached hydrogens (primary N) is 1. The number of halogens is 2. The van der Waals surface area contributed by atoms with Crippen LogP contribution in [0.1, 0.15) is 21.8 Å².